The van der Waals surface area contributed by atoms with E-state index in [1.165, 1.54) is 49.7 Å². The van der Waals surface area contributed by atoms with Crippen molar-refractivity contribution in [2.24, 2.45) is 28.6 Å². The van der Waals surface area contributed by atoms with Gasteiger partial charge >= 0.3 is 0 Å². The molecule has 0 saturated heterocycles. The highest BCUT2D eigenvalue weighted by Gasteiger charge is 2.61. The minimum Gasteiger partial charge on any atom is -0.501 e. The maximum atomic E-state index is 9.87. The summed E-state index contributed by atoms with van der Waals surface area (Å²) in [7, 11) is 3.64. The van der Waals surface area contributed by atoms with E-state index in [4.69, 9.17) is 9.47 Å². The highest BCUT2D eigenvalue weighted by molar-refractivity contribution is 5.38. The molecule has 0 aromatic carbocycles. The quantitative estimate of drug-likeness (QED) is 0.357. The van der Waals surface area contributed by atoms with Crippen LogP contribution in [0.2, 0.25) is 0 Å². The molecular weight excluding hydrogens is 360 g/mol. The van der Waals surface area contributed by atoms with Crippen molar-refractivity contribution in [1.82, 2.24) is 0 Å². The number of fused-ring (bicyclic) bond motifs is 2. The van der Waals surface area contributed by atoms with Gasteiger partial charge in [-0.1, -0.05) is 65.5 Å². The molecule has 3 aliphatic carbocycles. The molecule has 0 spiro atoms. The van der Waals surface area contributed by atoms with E-state index in [0.29, 0.717) is 11.8 Å². The smallest absolute Gasteiger partial charge is 0.102 e. The van der Waals surface area contributed by atoms with Crippen LogP contribution in [-0.2, 0) is 9.47 Å². The largest absolute Gasteiger partial charge is 0.501 e. The topological polar surface area (TPSA) is 38.7 Å². The first-order chi connectivity index (χ1) is 13.8. The molecule has 3 heteroatoms. The molecule has 0 aromatic heterocycles. The lowest BCUT2D eigenvalue weighted by Gasteiger charge is -2.62. The normalized spacial score (nSPS) is 34.1. The Bertz CT molecular complexity index is 671. The fourth-order valence-corrected chi connectivity index (χ4v) is 6.23. The van der Waals surface area contributed by atoms with Gasteiger partial charge in [0.05, 0.1) is 25.7 Å². The molecule has 1 N–H and O–H groups in total. The Hall–Kier alpha value is -1.06. The molecule has 3 rings (SSSR count). The lowest BCUT2D eigenvalue weighted by atomic mass is 9.42. The average Bonchev–Trinajstić information content (AvgIpc) is 2.74. The van der Waals surface area contributed by atoms with Crippen LogP contribution in [0.3, 0.4) is 0 Å². The number of methoxy groups -OCH3 is 2. The average molecular weight is 403 g/mol. The van der Waals surface area contributed by atoms with Crippen molar-refractivity contribution in [3.8, 4) is 0 Å². The lowest BCUT2D eigenvalue weighted by molar-refractivity contribution is -0.118. The van der Waals surface area contributed by atoms with E-state index in [-0.39, 0.29) is 29.5 Å². The first-order valence-corrected chi connectivity index (χ1v) is 11.6. The molecule has 0 aromatic rings. The van der Waals surface area contributed by atoms with Crippen LogP contribution in [0.5, 0.6) is 0 Å². The Morgan fingerprint density at radius 2 is 1.97 bits per heavy atom. The Labute approximate surface area is 178 Å². The molecule has 3 aliphatic rings. The van der Waals surface area contributed by atoms with Crippen LogP contribution in [0.15, 0.2) is 35.1 Å². The predicted molar refractivity (Wildman–Crippen MR) is 119 cm³/mol. The van der Waals surface area contributed by atoms with Crippen LogP contribution in [0.25, 0.3) is 0 Å². The van der Waals surface area contributed by atoms with Gasteiger partial charge in [0.2, 0.25) is 0 Å². The van der Waals surface area contributed by atoms with E-state index >= 15 is 0 Å². The molecule has 0 radical (unpaired) electrons. The van der Waals surface area contributed by atoms with Gasteiger partial charge in [-0.3, -0.25) is 0 Å². The van der Waals surface area contributed by atoms with Gasteiger partial charge in [0.15, 0.2) is 0 Å². The van der Waals surface area contributed by atoms with Gasteiger partial charge in [0.25, 0.3) is 0 Å². The zero-order chi connectivity index (χ0) is 21.2. The molecule has 2 bridgehead atoms. The van der Waals surface area contributed by atoms with Crippen LogP contribution in [0, 0.1) is 28.6 Å². The standard InChI is InChI=1S/C26H42O3/c1-7-8-9-10-13-25(2,3)20-15-22(28-5)24(23(16-20)29-6)26(4)19-12-11-18(17-27)21(26)14-19/h11,15-16,19,21-22,24,27H,7-10,12-14,17H2,1-6H3. The molecular formula is C26H42O3. The Morgan fingerprint density at radius 1 is 1.21 bits per heavy atom. The van der Waals surface area contributed by atoms with E-state index in [1.807, 2.05) is 14.2 Å². The molecule has 164 valence electrons. The first-order valence-electron chi connectivity index (χ1n) is 11.6. The summed E-state index contributed by atoms with van der Waals surface area (Å²) in [6.07, 6.45) is 15.6. The summed E-state index contributed by atoms with van der Waals surface area (Å²) in [6, 6.07) is 0. The molecule has 0 aliphatic heterocycles. The van der Waals surface area contributed by atoms with Gasteiger partial charge in [0.1, 0.15) is 5.76 Å². The Kier molecular flexibility index (Phi) is 7.00. The number of rotatable bonds is 10. The highest BCUT2D eigenvalue weighted by atomic mass is 16.5. The summed E-state index contributed by atoms with van der Waals surface area (Å²) in [6.45, 7) is 9.55. The van der Waals surface area contributed by atoms with Crippen molar-refractivity contribution in [3.63, 3.8) is 0 Å². The third-order valence-electron chi connectivity index (χ3n) is 8.34. The second kappa shape index (κ2) is 8.98. The maximum absolute atomic E-state index is 9.87. The number of ether oxygens (including phenoxy) is 2. The number of unbranched alkanes of at least 4 members (excludes halogenated alkanes) is 3. The number of aliphatic hydroxyl groups is 1. The molecule has 1 saturated carbocycles. The van der Waals surface area contributed by atoms with E-state index in [2.05, 4.69) is 45.9 Å². The first kappa shape index (κ1) is 22.6. The second-order valence-corrected chi connectivity index (χ2v) is 10.3. The minimum absolute atomic E-state index is 0.0215. The number of hydrogen-bond acceptors (Lipinski definition) is 3. The van der Waals surface area contributed by atoms with Crippen molar-refractivity contribution in [2.75, 3.05) is 20.8 Å². The van der Waals surface area contributed by atoms with Crippen molar-refractivity contribution in [1.29, 1.82) is 0 Å². The van der Waals surface area contributed by atoms with E-state index in [0.717, 1.165) is 12.2 Å². The lowest BCUT2D eigenvalue weighted by Crippen LogP contribution is -2.58. The zero-order valence-corrected chi connectivity index (χ0v) is 19.5. The fourth-order valence-electron chi connectivity index (χ4n) is 6.23. The van der Waals surface area contributed by atoms with Crippen molar-refractivity contribution >= 4 is 0 Å². The second-order valence-electron chi connectivity index (χ2n) is 10.3. The summed E-state index contributed by atoms with van der Waals surface area (Å²) < 4.78 is 12.1. The van der Waals surface area contributed by atoms with E-state index in [9.17, 15) is 5.11 Å². The summed E-state index contributed by atoms with van der Waals surface area (Å²) >= 11 is 0. The molecule has 0 amide bonds. The van der Waals surface area contributed by atoms with E-state index < -0.39 is 0 Å². The van der Waals surface area contributed by atoms with Gasteiger partial charge in [-0.15, -0.1) is 0 Å². The van der Waals surface area contributed by atoms with Crippen LogP contribution in [0.4, 0.5) is 0 Å². The molecule has 0 heterocycles. The van der Waals surface area contributed by atoms with Crippen LogP contribution in [-0.4, -0.2) is 32.0 Å². The molecule has 5 atom stereocenters. The van der Waals surface area contributed by atoms with Gasteiger partial charge < -0.3 is 14.6 Å². The van der Waals surface area contributed by atoms with Gasteiger partial charge in [-0.05, 0) is 59.2 Å². The summed E-state index contributed by atoms with van der Waals surface area (Å²) in [5, 5.41) is 9.87. The zero-order valence-electron chi connectivity index (χ0n) is 19.5. The monoisotopic (exact) mass is 402 g/mol. The molecule has 1 fully saturated rings. The van der Waals surface area contributed by atoms with Gasteiger partial charge in [-0.2, -0.15) is 0 Å². The Balaban J connectivity index is 1.86. The third-order valence-corrected chi connectivity index (χ3v) is 8.34. The van der Waals surface area contributed by atoms with E-state index in [1.54, 1.807) is 0 Å². The fraction of sp³-hybridized carbons (Fsp3) is 0.769. The van der Waals surface area contributed by atoms with Gasteiger partial charge in [0, 0.05) is 7.11 Å². The summed E-state index contributed by atoms with van der Waals surface area (Å²) in [4.78, 5) is 0. The van der Waals surface area contributed by atoms with Gasteiger partial charge in [-0.25, -0.2) is 0 Å². The maximum Gasteiger partial charge on any atom is 0.102 e. The highest BCUT2D eigenvalue weighted by Crippen LogP contribution is 2.66. The molecule has 29 heavy (non-hydrogen) atoms. The third kappa shape index (κ3) is 3.97. The number of aliphatic hydroxyl groups excluding tert-OH is 1. The van der Waals surface area contributed by atoms with Crippen molar-refractivity contribution in [3.05, 3.63) is 35.1 Å². The summed E-state index contributed by atoms with van der Waals surface area (Å²) in [5.74, 6) is 2.34. The van der Waals surface area contributed by atoms with Crippen LogP contribution in [0.1, 0.15) is 72.6 Å². The Morgan fingerprint density at radius 3 is 2.55 bits per heavy atom. The van der Waals surface area contributed by atoms with Crippen LogP contribution < -0.4 is 0 Å². The number of allylic oxidation sites excluding steroid dienone is 3. The minimum atomic E-state index is 0.0215. The SMILES string of the molecule is CCCCCCC(C)(C)C1=CC(OC)C(C2(C)C3CC=C(CO)C2C3)C(OC)=C1. The molecule has 3 nitrogen and oxygen atoms in total. The molecule has 5 unspecified atom stereocenters. The number of hydrogen-bond donors (Lipinski definition) is 1. The summed E-state index contributed by atoms with van der Waals surface area (Å²) in [5.41, 5.74) is 2.76. The van der Waals surface area contributed by atoms with Crippen molar-refractivity contribution < 1.29 is 14.6 Å². The van der Waals surface area contributed by atoms with Crippen molar-refractivity contribution in [2.45, 2.75) is 78.7 Å². The van der Waals surface area contributed by atoms with Crippen LogP contribution >= 0.6 is 0 Å². The predicted octanol–water partition coefficient (Wildman–Crippen LogP) is 6.05.